The van der Waals surface area contributed by atoms with E-state index in [1.807, 2.05) is 60.7 Å². The lowest BCUT2D eigenvalue weighted by molar-refractivity contribution is -0.143. The minimum atomic E-state index is -1.43. The van der Waals surface area contributed by atoms with Gasteiger partial charge in [0.05, 0.1) is 0 Å². The van der Waals surface area contributed by atoms with Crippen LogP contribution in [-0.2, 0) is 9.59 Å². The molecule has 0 radical (unpaired) electrons. The summed E-state index contributed by atoms with van der Waals surface area (Å²) in [7, 11) is 0. The summed E-state index contributed by atoms with van der Waals surface area (Å²) in [6, 6.07) is 18.6. The SMILES string of the molecule is O=C(c1ccccc1)c1ccccc1.O=CC(=O)O. The van der Waals surface area contributed by atoms with Crippen LogP contribution in [0.1, 0.15) is 15.9 Å². The molecule has 0 fully saturated rings. The van der Waals surface area contributed by atoms with Crippen molar-refractivity contribution in [3.05, 3.63) is 71.8 Å². The maximum Gasteiger partial charge on any atom is 0.368 e. The van der Waals surface area contributed by atoms with E-state index in [1.54, 1.807) is 0 Å². The number of aldehydes is 1. The van der Waals surface area contributed by atoms with E-state index in [-0.39, 0.29) is 12.1 Å². The monoisotopic (exact) mass is 256 g/mol. The summed E-state index contributed by atoms with van der Waals surface area (Å²) in [5.41, 5.74) is 1.47. The second-order valence-corrected chi connectivity index (χ2v) is 3.52. The average molecular weight is 256 g/mol. The molecule has 0 aromatic heterocycles. The molecule has 0 amide bonds. The van der Waals surface area contributed by atoms with Crippen molar-refractivity contribution in [3.8, 4) is 0 Å². The van der Waals surface area contributed by atoms with Gasteiger partial charge in [-0.25, -0.2) is 4.79 Å². The third-order valence-electron chi connectivity index (χ3n) is 2.17. The Morgan fingerprint density at radius 3 is 1.37 bits per heavy atom. The first kappa shape index (κ1) is 14.3. The van der Waals surface area contributed by atoms with Gasteiger partial charge in [-0.2, -0.15) is 0 Å². The predicted molar refractivity (Wildman–Crippen MR) is 70.0 cm³/mol. The predicted octanol–water partition coefficient (Wildman–Crippen LogP) is 2.19. The molecule has 0 atom stereocenters. The summed E-state index contributed by atoms with van der Waals surface area (Å²) in [6.07, 6.45) is -0.167. The van der Waals surface area contributed by atoms with Crippen molar-refractivity contribution in [2.45, 2.75) is 0 Å². The van der Waals surface area contributed by atoms with Crippen molar-refractivity contribution in [2.24, 2.45) is 0 Å². The average Bonchev–Trinajstić information content (AvgIpc) is 2.49. The van der Waals surface area contributed by atoms with E-state index in [2.05, 4.69) is 0 Å². The standard InChI is InChI=1S/C13H10O.C2H2O3/c14-13(11-7-3-1-4-8-11)12-9-5-2-6-10-12;3-1-2(4)5/h1-10H;1H,(H,4,5). The quantitative estimate of drug-likeness (QED) is 0.519. The molecule has 0 bridgehead atoms. The van der Waals surface area contributed by atoms with E-state index in [9.17, 15) is 4.79 Å². The van der Waals surface area contributed by atoms with Crippen molar-refractivity contribution in [2.75, 3.05) is 0 Å². The van der Waals surface area contributed by atoms with E-state index < -0.39 is 5.97 Å². The number of hydrogen-bond acceptors (Lipinski definition) is 3. The molecule has 0 heterocycles. The molecular weight excluding hydrogens is 244 g/mol. The highest BCUT2D eigenvalue weighted by Gasteiger charge is 2.06. The fourth-order valence-corrected chi connectivity index (χ4v) is 1.35. The highest BCUT2D eigenvalue weighted by Crippen LogP contribution is 2.08. The van der Waals surface area contributed by atoms with Gasteiger partial charge in [0, 0.05) is 11.1 Å². The molecule has 96 valence electrons. The molecule has 0 spiro atoms. The molecule has 2 aromatic rings. The highest BCUT2D eigenvalue weighted by atomic mass is 16.4. The van der Waals surface area contributed by atoms with E-state index in [0.717, 1.165) is 11.1 Å². The van der Waals surface area contributed by atoms with Crippen LogP contribution < -0.4 is 0 Å². The minimum absolute atomic E-state index is 0.0752. The fraction of sp³-hybridized carbons (Fsp3) is 0. The summed E-state index contributed by atoms with van der Waals surface area (Å²) in [5.74, 6) is -1.35. The normalized spacial score (nSPS) is 8.84. The zero-order valence-electron chi connectivity index (χ0n) is 10.0. The van der Waals surface area contributed by atoms with Gasteiger partial charge in [0.15, 0.2) is 5.78 Å². The van der Waals surface area contributed by atoms with E-state index in [0.29, 0.717) is 0 Å². The molecule has 0 aliphatic heterocycles. The Kier molecular flexibility index (Phi) is 5.69. The lowest BCUT2D eigenvalue weighted by Gasteiger charge is -1.99. The van der Waals surface area contributed by atoms with E-state index in [1.165, 1.54) is 0 Å². The van der Waals surface area contributed by atoms with Gasteiger partial charge < -0.3 is 5.11 Å². The molecular formula is C15H12O4. The summed E-state index contributed by atoms with van der Waals surface area (Å²) in [4.78, 5) is 29.8. The maximum atomic E-state index is 11.8. The van der Waals surface area contributed by atoms with Crippen LogP contribution in [0.25, 0.3) is 0 Å². The Morgan fingerprint density at radius 1 is 0.789 bits per heavy atom. The Hall–Kier alpha value is -2.75. The number of rotatable bonds is 3. The molecule has 0 unspecified atom stereocenters. The smallest absolute Gasteiger partial charge is 0.368 e. The number of carbonyl (C=O) groups excluding carboxylic acids is 2. The number of carbonyl (C=O) groups is 3. The molecule has 0 saturated heterocycles. The summed E-state index contributed by atoms with van der Waals surface area (Å²) < 4.78 is 0. The Morgan fingerprint density at radius 2 is 1.11 bits per heavy atom. The Balaban J connectivity index is 0.000000312. The van der Waals surface area contributed by atoms with Gasteiger partial charge in [0.2, 0.25) is 6.29 Å². The Labute approximate surface area is 110 Å². The van der Waals surface area contributed by atoms with Crippen LogP contribution in [0.5, 0.6) is 0 Å². The third-order valence-corrected chi connectivity index (χ3v) is 2.17. The highest BCUT2D eigenvalue weighted by molar-refractivity contribution is 6.19. The van der Waals surface area contributed by atoms with Crippen LogP contribution in [0.15, 0.2) is 60.7 Å². The van der Waals surface area contributed by atoms with Gasteiger partial charge in [-0.15, -0.1) is 0 Å². The second kappa shape index (κ2) is 7.55. The third kappa shape index (κ3) is 4.95. The van der Waals surface area contributed by atoms with E-state index in [4.69, 9.17) is 14.7 Å². The van der Waals surface area contributed by atoms with Crippen molar-refractivity contribution in [1.82, 2.24) is 0 Å². The fourth-order valence-electron chi connectivity index (χ4n) is 1.35. The number of carboxylic acid groups (broad SMARTS) is 1. The zero-order chi connectivity index (χ0) is 14.1. The van der Waals surface area contributed by atoms with Crippen LogP contribution in [0, 0.1) is 0 Å². The molecule has 0 aliphatic carbocycles. The largest absolute Gasteiger partial charge is 0.476 e. The topological polar surface area (TPSA) is 71.4 Å². The van der Waals surface area contributed by atoms with Crippen molar-refractivity contribution >= 4 is 18.0 Å². The lowest BCUT2D eigenvalue weighted by Crippen LogP contribution is -1.99. The molecule has 0 aliphatic rings. The molecule has 0 saturated carbocycles. The van der Waals surface area contributed by atoms with Gasteiger partial charge >= 0.3 is 5.97 Å². The second-order valence-electron chi connectivity index (χ2n) is 3.52. The minimum Gasteiger partial charge on any atom is -0.476 e. The van der Waals surface area contributed by atoms with E-state index >= 15 is 0 Å². The van der Waals surface area contributed by atoms with Crippen LogP contribution >= 0.6 is 0 Å². The van der Waals surface area contributed by atoms with Crippen LogP contribution in [0.4, 0.5) is 0 Å². The molecule has 4 heteroatoms. The Bertz CT molecular complexity index is 505. The van der Waals surface area contributed by atoms with Crippen molar-refractivity contribution in [3.63, 3.8) is 0 Å². The zero-order valence-corrected chi connectivity index (χ0v) is 10.0. The van der Waals surface area contributed by atoms with Crippen molar-refractivity contribution in [1.29, 1.82) is 0 Å². The van der Waals surface area contributed by atoms with Crippen LogP contribution in [0.3, 0.4) is 0 Å². The molecule has 2 rings (SSSR count). The van der Waals surface area contributed by atoms with Crippen molar-refractivity contribution < 1.29 is 19.5 Å². The lowest BCUT2D eigenvalue weighted by atomic mass is 10.0. The van der Waals surface area contributed by atoms with Gasteiger partial charge in [-0.3, -0.25) is 9.59 Å². The summed E-state index contributed by atoms with van der Waals surface area (Å²) >= 11 is 0. The maximum absolute atomic E-state index is 11.8. The molecule has 4 nitrogen and oxygen atoms in total. The number of ketones is 1. The number of carboxylic acids is 1. The number of aliphatic carboxylic acids is 1. The van der Waals surface area contributed by atoms with Gasteiger partial charge in [0.1, 0.15) is 0 Å². The molecule has 1 N–H and O–H groups in total. The molecule has 2 aromatic carbocycles. The molecule has 19 heavy (non-hydrogen) atoms. The van der Waals surface area contributed by atoms with Gasteiger partial charge in [-0.1, -0.05) is 60.7 Å². The number of hydrogen-bond donors (Lipinski definition) is 1. The van der Waals surface area contributed by atoms with Gasteiger partial charge in [-0.05, 0) is 0 Å². The van der Waals surface area contributed by atoms with Gasteiger partial charge in [0.25, 0.3) is 0 Å². The number of benzene rings is 2. The summed E-state index contributed by atoms with van der Waals surface area (Å²) in [5, 5.41) is 7.35. The summed E-state index contributed by atoms with van der Waals surface area (Å²) in [6.45, 7) is 0. The van der Waals surface area contributed by atoms with Crippen LogP contribution in [-0.4, -0.2) is 23.1 Å². The first-order valence-electron chi connectivity index (χ1n) is 5.48. The first-order chi connectivity index (χ1) is 9.15. The first-order valence-corrected chi connectivity index (χ1v) is 5.48. The van der Waals surface area contributed by atoms with Crippen LogP contribution in [0.2, 0.25) is 0 Å².